The molecule has 0 radical (unpaired) electrons. The maximum atomic E-state index is 12.6. The van der Waals surface area contributed by atoms with E-state index < -0.39 is 24.0 Å². The van der Waals surface area contributed by atoms with Gasteiger partial charge in [-0.3, -0.25) is 0 Å². The van der Waals surface area contributed by atoms with E-state index in [9.17, 15) is 8.42 Å². The molecule has 5 heteroatoms. The van der Waals surface area contributed by atoms with Crippen LogP contribution in [0.15, 0.2) is 41.3 Å². The number of sulfonamides is 1. The molecule has 108 valence electrons. The minimum atomic E-state index is -3.85. The molecule has 0 saturated heterocycles. The van der Waals surface area contributed by atoms with Crippen molar-refractivity contribution >= 4 is 26.5 Å². The third kappa shape index (κ3) is 2.78. The van der Waals surface area contributed by atoms with Gasteiger partial charge in [-0.1, -0.05) is 24.3 Å². The zero-order chi connectivity index (χ0) is 19.9. The van der Waals surface area contributed by atoms with Gasteiger partial charge in [0.1, 0.15) is 0 Å². The van der Waals surface area contributed by atoms with Crippen LogP contribution in [0.25, 0.3) is 10.8 Å². The Morgan fingerprint density at radius 1 is 1.10 bits per heavy atom. The number of anilines is 1. The summed E-state index contributed by atoms with van der Waals surface area (Å²) >= 11 is 0. The third-order valence-electron chi connectivity index (χ3n) is 2.78. The van der Waals surface area contributed by atoms with Gasteiger partial charge >= 0.3 is 0 Å². The molecule has 0 spiro atoms. The highest BCUT2D eigenvalue weighted by atomic mass is 32.2. The molecule has 0 aliphatic heterocycles. The third-order valence-corrected chi connectivity index (χ3v) is 4.50. The fraction of sp³-hybridized carbons (Fsp3) is 0.333. The lowest BCUT2D eigenvalue weighted by atomic mass is 10.1. The lowest BCUT2D eigenvalue weighted by Gasteiger charge is -2.17. The Bertz CT molecular complexity index is 892. The largest absolute Gasteiger partial charge is 0.377 e. The molecule has 0 bridgehead atoms. The van der Waals surface area contributed by atoms with E-state index in [1.54, 1.807) is 13.8 Å². The van der Waals surface area contributed by atoms with E-state index in [4.69, 9.17) is 8.22 Å². The topological polar surface area (TPSA) is 49.4 Å². The van der Waals surface area contributed by atoms with Gasteiger partial charge in [-0.05, 0) is 26.0 Å². The normalized spacial score (nSPS) is 17.8. The summed E-state index contributed by atoms with van der Waals surface area (Å²) in [5, 5.41) is 0.475. The fourth-order valence-corrected chi connectivity index (χ4v) is 3.54. The number of benzene rings is 2. The Labute approximate surface area is 128 Å². The monoisotopic (exact) mass is 298 g/mol. The number of nitrogens with zero attached hydrogens (tertiary/aromatic N) is 1. The van der Waals surface area contributed by atoms with E-state index in [0.29, 0.717) is 4.90 Å². The predicted octanol–water partition coefficient (Wildman–Crippen LogP) is 2.59. The zero-order valence-corrected chi connectivity index (χ0v) is 12.0. The first-order chi connectivity index (χ1) is 11.7. The van der Waals surface area contributed by atoms with Crippen LogP contribution in [0.4, 0.5) is 5.69 Å². The van der Waals surface area contributed by atoms with E-state index in [0.717, 1.165) is 0 Å². The van der Waals surface area contributed by atoms with Gasteiger partial charge < -0.3 is 4.90 Å². The van der Waals surface area contributed by atoms with Gasteiger partial charge in [0.2, 0.25) is 10.0 Å². The highest BCUT2D eigenvalue weighted by Crippen LogP contribution is 2.30. The Hall–Kier alpha value is -1.59. The lowest BCUT2D eigenvalue weighted by molar-refractivity contribution is 0.571. The summed E-state index contributed by atoms with van der Waals surface area (Å²) in [5.41, 5.74) is -0.0795. The van der Waals surface area contributed by atoms with Gasteiger partial charge in [-0.15, -0.1) is 0 Å². The summed E-state index contributed by atoms with van der Waals surface area (Å²) in [6, 6.07) is 8.34. The van der Waals surface area contributed by atoms with Gasteiger partial charge in [0, 0.05) is 44.7 Å². The first-order valence-corrected chi connectivity index (χ1v) is 7.58. The highest BCUT2D eigenvalue weighted by Gasteiger charge is 2.19. The summed E-state index contributed by atoms with van der Waals surface area (Å²) in [6.45, 7) is -2.49. The SMILES string of the molecule is [2H]C([2H])([2H])N(c1cccc2c(S(=O)(=O)NC(C)C)cccc12)C([2H])([2H])[2H]. The number of nitrogens with one attached hydrogen (secondary N) is 1. The smallest absolute Gasteiger partial charge is 0.241 e. The van der Waals surface area contributed by atoms with E-state index in [1.807, 2.05) is 0 Å². The van der Waals surface area contributed by atoms with Crippen molar-refractivity contribution in [3.8, 4) is 0 Å². The minimum absolute atomic E-state index is 0.0402. The van der Waals surface area contributed by atoms with Crippen molar-refractivity contribution in [1.29, 1.82) is 0 Å². The molecular formula is C15H20N2O2S. The van der Waals surface area contributed by atoms with Crippen LogP contribution in [-0.4, -0.2) is 28.4 Å². The fourth-order valence-electron chi connectivity index (χ4n) is 2.07. The van der Waals surface area contributed by atoms with Gasteiger partial charge in [-0.25, -0.2) is 13.1 Å². The second kappa shape index (κ2) is 5.42. The Balaban J connectivity index is 2.79. The molecule has 0 fully saturated rings. The molecule has 2 aromatic rings. The van der Waals surface area contributed by atoms with Crippen LogP contribution in [0.3, 0.4) is 0 Å². The maximum Gasteiger partial charge on any atom is 0.241 e. The van der Waals surface area contributed by atoms with E-state index in [1.165, 1.54) is 36.4 Å². The lowest BCUT2D eigenvalue weighted by Crippen LogP contribution is -2.30. The van der Waals surface area contributed by atoms with Crippen molar-refractivity contribution < 1.29 is 16.6 Å². The van der Waals surface area contributed by atoms with E-state index in [-0.39, 0.29) is 27.4 Å². The van der Waals surface area contributed by atoms with Gasteiger partial charge in [0.15, 0.2) is 0 Å². The molecule has 0 heterocycles. The van der Waals surface area contributed by atoms with Gasteiger partial charge in [0.05, 0.1) is 4.90 Å². The van der Waals surface area contributed by atoms with Crippen LogP contribution in [0.1, 0.15) is 22.1 Å². The molecule has 0 saturated carbocycles. The molecule has 1 N–H and O–H groups in total. The number of hydrogen-bond donors (Lipinski definition) is 1. The predicted molar refractivity (Wildman–Crippen MR) is 83.7 cm³/mol. The average Bonchev–Trinajstić information content (AvgIpc) is 2.42. The van der Waals surface area contributed by atoms with Crippen LogP contribution in [-0.2, 0) is 10.0 Å². The molecule has 0 unspecified atom stereocenters. The average molecular weight is 298 g/mol. The molecule has 20 heavy (non-hydrogen) atoms. The van der Waals surface area contributed by atoms with Crippen LogP contribution in [0.5, 0.6) is 0 Å². The molecule has 0 atom stereocenters. The van der Waals surface area contributed by atoms with Crippen LogP contribution in [0, 0.1) is 0 Å². The first kappa shape index (κ1) is 8.64. The van der Waals surface area contributed by atoms with Crippen molar-refractivity contribution in [3.05, 3.63) is 36.4 Å². The second-order valence-electron chi connectivity index (χ2n) is 4.74. The number of rotatable bonds is 4. The summed E-state index contributed by atoms with van der Waals surface area (Å²) in [4.78, 5) is 0.316. The van der Waals surface area contributed by atoms with Crippen molar-refractivity contribution in [3.63, 3.8) is 0 Å². The highest BCUT2D eigenvalue weighted by molar-refractivity contribution is 7.89. The van der Waals surface area contributed by atoms with Crippen molar-refractivity contribution in [1.82, 2.24) is 4.72 Å². The van der Waals surface area contributed by atoms with Gasteiger partial charge in [-0.2, -0.15) is 0 Å². The minimum Gasteiger partial charge on any atom is -0.377 e. The molecule has 0 amide bonds. The first-order valence-electron chi connectivity index (χ1n) is 9.09. The molecule has 0 aromatic heterocycles. The molecule has 2 rings (SSSR count). The molecule has 0 aliphatic carbocycles. The Kier molecular flexibility index (Phi) is 2.34. The quantitative estimate of drug-likeness (QED) is 0.944. The second-order valence-corrected chi connectivity index (χ2v) is 6.42. The molecule has 2 aromatic carbocycles. The van der Waals surface area contributed by atoms with Crippen molar-refractivity contribution in [2.24, 2.45) is 0 Å². The van der Waals surface area contributed by atoms with Crippen LogP contribution in [0.2, 0.25) is 0 Å². The maximum absolute atomic E-state index is 12.6. The summed E-state index contributed by atoms with van der Waals surface area (Å²) in [5.74, 6) is 0. The van der Waals surface area contributed by atoms with E-state index in [2.05, 4.69) is 4.72 Å². The molecule has 4 nitrogen and oxygen atoms in total. The van der Waals surface area contributed by atoms with E-state index >= 15 is 0 Å². The van der Waals surface area contributed by atoms with Gasteiger partial charge in [0.25, 0.3) is 0 Å². The summed E-state index contributed by atoms with van der Waals surface area (Å²) in [7, 11) is -3.85. The Morgan fingerprint density at radius 2 is 1.75 bits per heavy atom. The number of fused-ring (bicyclic) bond motifs is 1. The summed E-state index contributed by atoms with van der Waals surface area (Å²) < 4.78 is 73.2. The number of hydrogen-bond acceptors (Lipinski definition) is 3. The Morgan fingerprint density at radius 3 is 2.40 bits per heavy atom. The summed E-state index contributed by atoms with van der Waals surface area (Å²) in [6.07, 6.45) is 0. The zero-order valence-electron chi connectivity index (χ0n) is 17.2. The van der Waals surface area contributed by atoms with Crippen LogP contribution < -0.4 is 9.62 Å². The van der Waals surface area contributed by atoms with Crippen molar-refractivity contribution in [2.75, 3.05) is 18.9 Å². The molecule has 0 aliphatic rings. The molecular weight excluding hydrogens is 272 g/mol. The van der Waals surface area contributed by atoms with Crippen molar-refractivity contribution in [2.45, 2.75) is 24.8 Å². The standard InChI is InChI=1S/C15H20N2O2S/c1-11(2)16-20(18,19)15-10-6-7-12-13(15)8-5-9-14(12)17(3)4/h5-11,16H,1-4H3/i3D3,4D3. The van der Waals surface area contributed by atoms with Crippen LogP contribution >= 0.6 is 0 Å².